The molecule has 1 atom stereocenters. The van der Waals surface area contributed by atoms with Crippen LogP contribution in [0.25, 0.3) is 0 Å². The predicted molar refractivity (Wildman–Crippen MR) is 161 cm³/mol. The number of methoxy groups -OCH3 is 1. The molecule has 0 aromatic heterocycles. The maximum absolute atomic E-state index is 12.1. The van der Waals surface area contributed by atoms with Crippen LogP contribution in [0.1, 0.15) is 19.4 Å². The van der Waals surface area contributed by atoms with Crippen molar-refractivity contribution in [3.8, 4) is 0 Å². The molecule has 1 aromatic carbocycles. The molecule has 1 saturated heterocycles. The highest BCUT2D eigenvalue weighted by molar-refractivity contribution is 7.51. The van der Waals surface area contributed by atoms with Gasteiger partial charge in [0.1, 0.15) is 19.7 Å². The second-order valence-corrected chi connectivity index (χ2v) is 12.5. The Morgan fingerprint density at radius 2 is 1.32 bits per heavy atom. The van der Waals surface area contributed by atoms with Crippen molar-refractivity contribution < 1.29 is 48.1 Å². The van der Waals surface area contributed by atoms with Gasteiger partial charge in [0.25, 0.3) is 0 Å². The molecular formula is C28H48N5O10P. The maximum Gasteiger partial charge on any atom is 0.339 e. The molecule has 1 aliphatic rings. The van der Waals surface area contributed by atoms with Gasteiger partial charge in [-0.05, 0) is 5.56 Å². The Labute approximate surface area is 259 Å². The lowest BCUT2D eigenvalue weighted by atomic mass is 10.2. The fourth-order valence-corrected chi connectivity index (χ4v) is 5.45. The molecule has 1 heterocycles. The Bertz CT molecular complexity index is 1060. The summed E-state index contributed by atoms with van der Waals surface area (Å²) in [5, 5.41) is 11.1. The van der Waals surface area contributed by atoms with E-state index in [2.05, 4.69) is 0 Å². The zero-order valence-electron chi connectivity index (χ0n) is 26.0. The number of aliphatic hydroxyl groups is 1. The van der Waals surface area contributed by atoms with Crippen molar-refractivity contribution in [3.05, 3.63) is 35.9 Å². The minimum Gasteiger partial charge on any atom is -0.468 e. The first-order valence-electron chi connectivity index (χ1n) is 14.5. The number of hydrogen-bond donors (Lipinski definition) is 3. The lowest BCUT2D eigenvalue weighted by Crippen LogP contribution is -2.49. The van der Waals surface area contributed by atoms with Crippen molar-refractivity contribution in [2.24, 2.45) is 0 Å². The Hall–Kier alpha value is -2.46. The van der Waals surface area contributed by atoms with Gasteiger partial charge < -0.3 is 29.1 Å². The van der Waals surface area contributed by atoms with E-state index in [-0.39, 0.29) is 39.6 Å². The zero-order chi connectivity index (χ0) is 32.5. The second kappa shape index (κ2) is 19.8. The molecule has 16 heteroatoms. The lowest BCUT2D eigenvalue weighted by Gasteiger charge is -2.34. The van der Waals surface area contributed by atoms with E-state index < -0.39 is 37.9 Å². The zero-order valence-corrected chi connectivity index (χ0v) is 26.8. The molecule has 3 N–H and O–H groups in total. The van der Waals surface area contributed by atoms with E-state index in [1.54, 1.807) is 4.90 Å². The normalized spacial score (nSPS) is 17.8. The first-order valence-corrected chi connectivity index (χ1v) is 16.3. The molecule has 0 radical (unpaired) electrons. The minimum absolute atomic E-state index is 0.0324. The Morgan fingerprint density at radius 1 is 0.841 bits per heavy atom. The fraction of sp³-hybridized carbons (Fsp3) is 0.679. The molecule has 15 nitrogen and oxygen atoms in total. The molecule has 0 spiro atoms. The SMILES string of the molecule is COC(=O)CN1CCN(COC(C)=O)CCN(COC(C)=O)CCN(CC(O)CN(Cc2ccccc2)CP(=O)(O)O)CC1. The number of esters is 3. The molecule has 250 valence electrons. The van der Waals surface area contributed by atoms with Crippen molar-refractivity contribution in [2.75, 3.05) is 98.8 Å². The van der Waals surface area contributed by atoms with Gasteiger partial charge in [0.15, 0.2) is 0 Å². The third-order valence-corrected chi connectivity index (χ3v) is 7.75. The van der Waals surface area contributed by atoms with E-state index in [4.69, 9.17) is 14.2 Å². The summed E-state index contributed by atoms with van der Waals surface area (Å²) in [4.78, 5) is 63.8. The highest BCUT2D eigenvalue weighted by atomic mass is 31.2. The molecule has 0 aliphatic carbocycles. The second-order valence-electron chi connectivity index (χ2n) is 10.9. The lowest BCUT2D eigenvalue weighted by molar-refractivity contribution is -0.148. The Balaban J connectivity index is 2.18. The van der Waals surface area contributed by atoms with E-state index in [1.165, 1.54) is 21.0 Å². The van der Waals surface area contributed by atoms with Gasteiger partial charge in [-0.3, -0.25) is 43.4 Å². The van der Waals surface area contributed by atoms with Crippen molar-refractivity contribution in [1.82, 2.24) is 24.5 Å². The van der Waals surface area contributed by atoms with Crippen LogP contribution >= 0.6 is 7.60 Å². The number of carbonyl (C=O) groups excluding carboxylic acids is 3. The van der Waals surface area contributed by atoms with Crippen LogP contribution in [0.5, 0.6) is 0 Å². The van der Waals surface area contributed by atoms with Crippen LogP contribution in [0.2, 0.25) is 0 Å². The van der Waals surface area contributed by atoms with Crippen LogP contribution in [0.4, 0.5) is 0 Å². The van der Waals surface area contributed by atoms with Gasteiger partial charge in [0.2, 0.25) is 0 Å². The molecule has 1 fully saturated rings. The summed E-state index contributed by atoms with van der Waals surface area (Å²) in [7, 11) is -3.06. The number of β-amino-alcohol motifs (C(OH)–C–C–N with tert-alkyl or cyclic N) is 1. The number of benzene rings is 1. The van der Waals surface area contributed by atoms with Crippen LogP contribution in [0, 0.1) is 0 Å². The largest absolute Gasteiger partial charge is 0.468 e. The third-order valence-electron chi connectivity index (χ3n) is 6.98. The number of rotatable bonds is 14. The van der Waals surface area contributed by atoms with Crippen LogP contribution in [-0.2, 0) is 39.7 Å². The topological polar surface area (TPSA) is 173 Å². The number of hydrogen-bond acceptors (Lipinski definition) is 13. The van der Waals surface area contributed by atoms with Gasteiger partial charge in [-0.25, -0.2) is 0 Å². The van der Waals surface area contributed by atoms with E-state index in [0.29, 0.717) is 52.4 Å². The van der Waals surface area contributed by atoms with Gasteiger partial charge in [-0.1, -0.05) is 30.3 Å². The highest BCUT2D eigenvalue weighted by Gasteiger charge is 2.24. The summed E-state index contributed by atoms with van der Waals surface area (Å²) < 4.78 is 27.2. The van der Waals surface area contributed by atoms with Gasteiger partial charge in [0.05, 0.1) is 19.8 Å². The van der Waals surface area contributed by atoms with E-state index in [1.807, 2.05) is 49.9 Å². The van der Waals surface area contributed by atoms with Crippen LogP contribution in [0.3, 0.4) is 0 Å². The summed E-state index contributed by atoms with van der Waals surface area (Å²) in [6, 6.07) is 9.26. The Morgan fingerprint density at radius 3 is 1.77 bits per heavy atom. The summed E-state index contributed by atoms with van der Waals surface area (Å²) in [5.74, 6) is -1.21. The smallest absolute Gasteiger partial charge is 0.339 e. The van der Waals surface area contributed by atoms with Crippen molar-refractivity contribution >= 4 is 25.5 Å². The van der Waals surface area contributed by atoms with Gasteiger partial charge in [-0.2, -0.15) is 0 Å². The van der Waals surface area contributed by atoms with Crippen molar-refractivity contribution in [1.29, 1.82) is 0 Å². The van der Waals surface area contributed by atoms with Gasteiger partial charge in [-0.15, -0.1) is 0 Å². The molecule has 2 rings (SSSR count). The molecule has 1 aromatic rings. The monoisotopic (exact) mass is 645 g/mol. The molecule has 0 bridgehead atoms. The quantitative estimate of drug-likeness (QED) is 0.133. The van der Waals surface area contributed by atoms with Crippen LogP contribution < -0.4 is 0 Å². The molecule has 1 unspecified atom stereocenters. The van der Waals surface area contributed by atoms with Crippen molar-refractivity contribution in [2.45, 2.75) is 26.5 Å². The summed E-state index contributed by atoms with van der Waals surface area (Å²) >= 11 is 0. The fourth-order valence-electron chi connectivity index (χ4n) is 4.72. The third kappa shape index (κ3) is 17.1. The molecule has 0 saturated carbocycles. The van der Waals surface area contributed by atoms with Crippen LogP contribution in [0.15, 0.2) is 30.3 Å². The summed E-state index contributed by atoms with van der Waals surface area (Å²) in [6.07, 6.45) is -1.43. The molecule has 44 heavy (non-hydrogen) atoms. The van der Waals surface area contributed by atoms with E-state index >= 15 is 0 Å². The maximum atomic E-state index is 12.1. The summed E-state index contributed by atoms with van der Waals surface area (Å²) in [5.41, 5.74) is 0.863. The number of carbonyl (C=O) groups is 3. The minimum atomic E-state index is -4.38. The van der Waals surface area contributed by atoms with Gasteiger partial charge in [0, 0.05) is 85.8 Å². The number of aliphatic hydroxyl groups excluding tert-OH is 1. The first-order chi connectivity index (χ1) is 20.8. The van der Waals surface area contributed by atoms with Gasteiger partial charge >= 0.3 is 25.5 Å². The predicted octanol–water partition coefficient (Wildman–Crippen LogP) is -0.579. The number of nitrogens with zero attached hydrogens (tertiary/aromatic N) is 5. The van der Waals surface area contributed by atoms with E-state index in [0.717, 1.165) is 5.56 Å². The summed E-state index contributed by atoms with van der Waals surface area (Å²) in [6.45, 7) is 7.22. The highest BCUT2D eigenvalue weighted by Crippen LogP contribution is 2.35. The average molecular weight is 646 g/mol. The van der Waals surface area contributed by atoms with Crippen molar-refractivity contribution in [3.63, 3.8) is 0 Å². The molecule has 0 amide bonds. The Kier molecular flexibility index (Phi) is 17.0. The standard InChI is InChI=1S/C28H48N5O10P/c1-24(34)42-21-31-13-11-29(18-27(36)19-33(23-44(38,39)40)17-26-7-5-4-6-8-26)9-10-30(20-28(37)41-3)12-14-32(16-15-31)22-43-25(2)35/h4-8,27,36H,9-23H2,1-3H3,(H2,38,39,40). The first kappa shape index (κ1) is 37.7. The molecular weight excluding hydrogens is 597 g/mol. The van der Waals surface area contributed by atoms with Crippen LogP contribution in [-0.4, -0.2) is 162 Å². The molecule has 1 aliphatic heterocycles. The van der Waals surface area contributed by atoms with E-state index in [9.17, 15) is 33.8 Å². The average Bonchev–Trinajstić information content (AvgIpc) is 2.94. The number of ether oxygens (including phenoxy) is 3.